The first-order chi connectivity index (χ1) is 9.60. The van der Waals surface area contributed by atoms with Gasteiger partial charge >= 0.3 is 0 Å². The molecule has 0 spiro atoms. The van der Waals surface area contributed by atoms with Gasteiger partial charge in [0.05, 0.1) is 6.61 Å². The van der Waals surface area contributed by atoms with E-state index in [-0.39, 0.29) is 6.04 Å². The summed E-state index contributed by atoms with van der Waals surface area (Å²) in [6.07, 6.45) is 0. The molecule has 0 heterocycles. The quantitative estimate of drug-likeness (QED) is 0.880. The van der Waals surface area contributed by atoms with Gasteiger partial charge in [-0.25, -0.2) is 0 Å². The topological polar surface area (TPSA) is 44.5 Å². The second kappa shape index (κ2) is 6.88. The first kappa shape index (κ1) is 15.0. The Morgan fingerprint density at radius 3 is 2.55 bits per heavy atom. The average Bonchev–Trinajstić information content (AvgIpc) is 2.39. The van der Waals surface area contributed by atoms with Gasteiger partial charge in [0.2, 0.25) is 0 Å². The molecular weight excluding hydrogens is 318 g/mol. The highest BCUT2D eigenvalue weighted by Crippen LogP contribution is 2.29. The molecule has 0 bridgehead atoms. The van der Waals surface area contributed by atoms with Crippen molar-refractivity contribution in [2.75, 3.05) is 7.11 Å². The van der Waals surface area contributed by atoms with E-state index in [2.05, 4.69) is 15.9 Å². The number of nitrogens with two attached hydrogens (primary N) is 1. The molecule has 2 N–H and O–H groups in total. The molecule has 0 aliphatic rings. The molecule has 4 heteroatoms. The number of hydrogen-bond acceptors (Lipinski definition) is 3. The third-order valence-corrected chi connectivity index (χ3v) is 3.59. The molecule has 20 heavy (non-hydrogen) atoms. The summed E-state index contributed by atoms with van der Waals surface area (Å²) >= 11 is 3.52. The van der Waals surface area contributed by atoms with Crippen LogP contribution < -0.4 is 10.5 Å². The van der Waals surface area contributed by atoms with Crippen molar-refractivity contribution in [3.8, 4) is 11.5 Å². The number of halogens is 1. The lowest BCUT2D eigenvalue weighted by molar-refractivity contribution is 0.184. The third kappa shape index (κ3) is 3.82. The molecule has 2 rings (SSSR count). The Hall–Kier alpha value is -1.36. The highest BCUT2D eigenvalue weighted by atomic mass is 79.9. The third-order valence-electron chi connectivity index (χ3n) is 2.91. The van der Waals surface area contributed by atoms with Gasteiger partial charge in [0, 0.05) is 17.6 Å². The summed E-state index contributed by atoms with van der Waals surface area (Å²) in [6.45, 7) is 2.53. The molecular formula is C16H18BrNO2. The van der Waals surface area contributed by atoms with Gasteiger partial charge in [0.15, 0.2) is 0 Å². The van der Waals surface area contributed by atoms with Crippen molar-refractivity contribution in [1.82, 2.24) is 0 Å². The van der Waals surface area contributed by atoms with E-state index in [1.165, 1.54) is 0 Å². The highest BCUT2D eigenvalue weighted by molar-refractivity contribution is 9.10. The van der Waals surface area contributed by atoms with Gasteiger partial charge in [-0.2, -0.15) is 0 Å². The Morgan fingerprint density at radius 1 is 1.15 bits per heavy atom. The molecule has 0 aromatic heterocycles. The second-order valence-electron chi connectivity index (χ2n) is 4.65. The molecule has 0 aliphatic carbocycles. The Balaban J connectivity index is 2.17. The zero-order valence-corrected chi connectivity index (χ0v) is 13.2. The lowest BCUT2D eigenvalue weighted by Crippen LogP contribution is -2.05. The van der Waals surface area contributed by atoms with Crippen molar-refractivity contribution in [1.29, 1.82) is 0 Å². The van der Waals surface area contributed by atoms with E-state index >= 15 is 0 Å². The SMILES string of the molecule is COCc1cccc(Oc2ccc([C@H](C)N)c(Br)c2)c1. The van der Waals surface area contributed by atoms with Crippen molar-refractivity contribution in [2.45, 2.75) is 19.6 Å². The molecule has 2 aromatic rings. The molecule has 3 nitrogen and oxygen atoms in total. The summed E-state index contributed by atoms with van der Waals surface area (Å²) in [4.78, 5) is 0. The van der Waals surface area contributed by atoms with Gasteiger partial charge in [0.25, 0.3) is 0 Å². The first-order valence-electron chi connectivity index (χ1n) is 6.41. The Bertz CT molecular complexity index is 584. The van der Waals surface area contributed by atoms with Crippen LogP contribution in [0, 0.1) is 0 Å². The fourth-order valence-corrected chi connectivity index (χ4v) is 2.66. The van der Waals surface area contributed by atoms with Crippen LogP contribution in [0.2, 0.25) is 0 Å². The largest absolute Gasteiger partial charge is 0.457 e. The van der Waals surface area contributed by atoms with E-state index in [9.17, 15) is 0 Å². The molecule has 106 valence electrons. The van der Waals surface area contributed by atoms with Gasteiger partial charge in [0.1, 0.15) is 11.5 Å². The normalized spacial score (nSPS) is 12.2. The molecule has 1 atom stereocenters. The van der Waals surface area contributed by atoms with Crippen molar-refractivity contribution in [2.24, 2.45) is 5.73 Å². The van der Waals surface area contributed by atoms with E-state index in [0.717, 1.165) is 27.1 Å². The van der Waals surface area contributed by atoms with Crippen molar-refractivity contribution >= 4 is 15.9 Å². The van der Waals surface area contributed by atoms with Crippen LogP contribution in [0.4, 0.5) is 0 Å². The lowest BCUT2D eigenvalue weighted by atomic mass is 10.1. The van der Waals surface area contributed by atoms with Crippen LogP contribution in [0.5, 0.6) is 11.5 Å². The fourth-order valence-electron chi connectivity index (χ4n) is 1.94. The van der Waals surface area contributed by atoms with Gasteiger partial charge in [-0.15, -0.1) is 0 Å². The maximum atomic E-state index is 5.89. The highest BCUT2D eigenvalue weighted by Gasteiger charge is 2.07. The van der Waals surface area contributed by atoms with Crippen LogP contribution in [-0.2, 0) is 11.3 Å². The Kier molecular flexibility index (Phi) is 5.17. The van der Waals surface area contributed by atoms with E-state index in [4.69, 9.17) is 15.2 Å². The van der Waals surface area contributed by atoms with Crippen LogP contribution in [0.15, 0.2) is 46.9 Å². The number of ether oxygens (including phenoxy) is 2. The van der Waals surface area contributed by atoms with Gasteiger partial charge in [-0.3, -0.25) is 0 Å². The van der Waals surface area contributed by atoms with Crippen LogP contribution in [-0.4, -0.2) is 7.11 Å². The maximum Gasteiger partial charge on any atom is 0.128 e. The van der Waals surface area contributed by atoms with E-state index in [1.807, 2.05) is 49.4 Å². The van der Waals surface area contributed by atoms with Crippen LogP contribution in [0.3, 0.4) is 0 Å². The van der Waals surface area contributed by atoms with Crippen LogP contribution in [0.25, 0.3) is 0 Å². The zero-order chi connectivity index (χ0) is 14.5. The lowest BCUT2D eigenvalue weighted by Gasteiger charge is -2.12. The van der Waals surface area contributed by atoms with Crippen molar-refractivity contribution < 1.29 is 9.47 Å². The van der Waals surface area contributed by atoms with E-state index in [1.54, 1.807) is 7.11 Å². The minimum atomic E-state index is -0.0107. The fraction of sp³-hybridized carbons (Fsp3) is 0.250. The molecule has 0 unspecified atom stereocenters. The van der Waals surface area contributed by atoms with Crippen molar-refractivity contribution in [3.05, 3.63) is 58.1 Å². The van der Waals surface area contributed by atoms with Gasteiger partial charge in [-0.1, -0.05) is 34.1 Å². The monoisotopic (exact) mass is 335 g/mol. The summed E-state index contributed by atoms with van der Waals surface area (Å²) < 4.78 is 11.9. The van der Waals surface area contributed by atoms with Crippen LogP contribution in [0.1, 0.15) is 24.1 Å². The molecule has 0 radical (unpaired) electrons. The minimum Gasteiger partial charge on any atom is -0.457 e. The summed E-state index contributed by atoms with van der Waals surface area (Å²) in [5, 5.41) is 0. The van der Waals surface area contributed by atoms with Crippen molar-refractivity contribution in [3.63, 3.8) is 0 Å². The molecule has 0 saturated heterocycles. The maximum absolute atomic E-state index is 5.89. The van der Waals surface area contributed by atoms with E-state index in [0.29, 0.717) is 6.61 Å². The number of rotatable bonds is 5. The van der Waals surface area contributed by atoms with Gasteiger partial charge < -0.3 is 15.2 Å². The Labute approximate surface area is 127 Å². The molecule has 0 fully saturated rings. The summed E-state index contributed by atoms with van der Waals surface area (Å²) in [5.74, 6) is 1.57. The average molecular weight is 336 g/mol. The standard InChI is InChI=1S/C16H18BrNO2/c1-11(18)15-7-6-14(9-16(15)17)20-13-5-3-4-12(8-13)10-19-2/h3-9,11H,10,18H2,1-2H3/t11-/m0/s1. The number of methoxy groups -OCH3 is 1. The predicted molar refractivity (Wildman–Crippen MR) is 84.0 cm³/mol. The molecule has 0 saturated carbocycles. The summed E-state index contributed by atoms with van der Waals surface area (Å²) in [5.41, 5.74) is 8.03. The predicted octanol–water partition coefficient (Wildman–Crippen LogP) is 4.41. The Morgan fingerprint density at radius 2 is 1.90 bits per heavy atom. The zero-order valence-electron chi connectivity index (χ0n) is 11.6. The molecule has 2 aromatic carbocycles. The summed E-state index contributed by atoms with van der Waals surface area (Å²) in [6, 6.07) is 13.7. The van der Waals surface area contributed by atoms with E-state index < -0.39 is 0 Å². The van der Waals surface area contributed by atoms with Gasteiger partial charge in [-0.05, 0) is 42.3 Å². The summed E-state index contributed by atoms with van der Waals surface area (Å²) in [7, 11) is 1.68. The van der Waals surface area contributed by atoms with Crippen LogP contribution >= 0.6 is 15.9 Å². The minimum absolute atomic E-state index is 0.0107. The smallest absolute Gasteiger partial charge is 0.128 e. The molecule has 0 amide bonds. The number of benzene rings is 2. The first-order valence-corrected chi connectivity index (χ1v) is 7.20. The number of hydrogen-bond donors (Lipinski definition) is 1. The molecule has 0 aliphatic heterocycles. The second-order valence-corrected chi connectivity index (χ2v) is 5.51.